The summed E-state index contributed by atoms with van der Waals surface area (Å²) in [5.74, 6) is -0.723. The highest BCUT2D eigenvalue weighted by Crippen LogP contribution is 2.28. The van der Waals surface area contributed by atoms with Crippen LogP contribution in [0.5, 0.6) is 0 Å². The molecule has 0 unspecified atom stereocenters. The molecule has 3 aromatic rings. The van der Waals surface area contributed by atoms with Gasteiger partial charge in [-0.15, -0.1) is 27.1 Å². The van der Waals surface area contributed by atoms with Crippen LogP contribution < -0.4 is 4.90 Å². The van der Waals surface area contributed by atoms with E-state index in [1.165, 1.54) is 6.07 Å². The summed E-state index contributed by atoms with van der Waals surface area (Å²) in [5, 5.41) is 10.7. The molecular formula is C15H14F3N5S. The molecule has 0 bridgehead atoms. The lowest BCUT2D eigenvalue weighted by Crippen LogP contribution is -2.20. The number of fused-ring (bicyclic) bond motifs is 1. The predicted molar refractivity (Wildman–Crippen MR) is 86.1 cm³/mol. The van der Waals surface area contributed by atoms with Crippen molar-refractivity contribution in [3.05, 3.63) is 47.8 Å². The van der Waals surface area contributed by atoms with Crippen molar-refractivity contribution in [1.29, 1.82) is 0 Å². The van der Waals surface area contributed by atoms with E-state index < -0.39 is 12.0 Å². The maximum Gasteiger partial charge on any atom is 0.453 e. The van der Waals surface area contributed by atoms with Crippen LogP contribution in [0.1, 0.15) is 11.4 Å². The zero-order valence-electron chi connectivity index (χ0n) is 12.9. The molecule has 0 aliphatic heterocycles. The minimum Gasteiger partial charge on any atom is -0.354 e. The van der Waals surface area contributed by atoms with Gasteiger partial charge in [-0.05, 0) is 36.1 Å². The molecule has 0 fully saturated rings. The fourth-order valence-electron chi connectivity index (χ4n) is 2.25. The van der Waals surface area contributed by atoms with Crippen molar-refractivity contribution in [2.24, 2.45) is 0 Å². The van der Waals surface area contributed by atoms with Gasteiger partial charge in [-0.1, -0.05) is 12.1 Å². The van der Waals surface area contributed by atoms with Crippen LogP contribution in [0.4, 0.5) is 19.0 Å². The monoisotopic (exact) mass is 353 g/mol. The van der Waals surface area contributed by atoms with E-state index in [1.807, 2.05) is 30.5 Å². The Morgan fingerprint density at radius 3 is 2.42 bits per heavy atom. The summed E-state index contributed by atoms with van der Waals surface area (Å²) >= 11 is 1.65. The van der Waals surface area contributed by atoms with Crippen molar-refractivity contribution in [1.82, 2.24) is 19.8 Å². The van der Waals surface area contributed by atoms with E-state index in [-0.39, 0.29) is 5.65 Å². The highest BCUT2D eigenvalue weighted by molar-refractivity contribution is 7.98. The SMILES string of the molecule is CSc1ccc(CN(C)c2ccc3nnc(C(F)(F)F)n3n2)cc1. The zero-order chi connectivity index (χ0) is 17.3. The summed E-state index contributed by atoms with van der Waals surface area (Å²) in [5.41, 5.74) is 1.10. The first kappa shape index (κ1) is 16.6. The summed E-state index contributed by atoms with van der Waals surface area (Å²) in [6, 6.07) is 11.1. The molecule has 0 spiro atoms. The number of halogens is 3. The fraction of sp³-hybridized carbons (Fsp3) is 0.267. The normalized spacial score (nSPS) is 11.9. The van der Waals surface area contributed by atoms with Gasteiger partial charge >= 0.3 is 6.18 Å². The van der Waals surface area contributed by atoms with Gasteiger partial charge in [0, 0.05) is 18.5 Å². The third-order valence-corrected chi connectivity index (χ3v) is 4.22. The summed E-state index contributed by atoms with van der Waals surface area (Å²) < 4.78 is 39.5. The second-order valence-electron chi connectivity index (χ2n) is 5.19. The van der Waals surface area contributed by atoms with Gasteiger partial charge in [0.2, 0.25) is 0 Å². The number of benzene rings is 1. The maximum atomic E-state index is 12.9. The largest absolute Gasteiger partial charge is 0.453 e. The van der Waals surface area contributed by atoms with Gasteiger partial charge in [0.15, 0.2) is 5.65 Å². The highest BCUT2D eigenvalue weighted by Gasteiger charge is 2.37. The van der Waals surface area contributed by atoms with Crippen LogP contribution >= 0.6 is 11.8 Å². The minimum atomic E-state index is -4.60. The average Bonchev–Trinajstić information content (AvgIpc) is 2.98. The predicted octanol–water partition coefficient (Wildman–Crippen LogP) is 3.50. The van der Waals surface area contributed by atoms with Crippen molar-refractivity contribution in [3.63, 3.8) is 0 Å². The smallest absolute Gasteiger partial charge is 0.354 e. The molecule has 0 N–H and O–H groups in total. The molecule has 1 aromatic carbocycles. The Hall–Kier alpha value is -2.29. The van der Waals surface area contributed by atoms with Gasteiger partial charge in [0.05, 0.1) is 0 Å². The molecule has 5 nitrogen and oxygen atoms in total. The van der Waals surface area contributed by atoms with E-state index in [2.05, 4.69) is 15.3 Å². The number of anilines is 1. The Labute approximate surface area is 140 Å². The van der Waals surface area contributed by atoms with Crippen molar-refractivity contribution in [2.45, 2.75) is 17.6 Å². The van der Waals surface area contributed by atoms with Crippen molar-refractivity contribution in [2.75, 3.05) is 18.2 Å². The Kier molecular flexibility index (Phi) is 4.35. The first-order valence-electron chi connectivity index (χ1n) is 7.02. The molecule has 0 atom stereocenters. The summed E-state index contributed by atoms with van der Waals surface area (Å²) in [6.07, 6.45) is -2.60. The summed E-state index contributed by atoms with van der Waals surface area (Å²) in [4.78, 5) is 2.92. The summed E-state index contributed by atoms with van der Waals surface area (Å²) in [7, 11) is 1.77. The topological polar surface area (TPSA) is 46.3 Å². The molecule has 0 saturated heterocycles. The number of thioether (sulfide) groups is 1. The number of alkyl halides is 3. The van der Waals surface area contributed by atoms with Crippen molar-refractivity contribution in [3.8, 4) is 0 Å². The van der Waals surface area contributed by atoms with E-state index in [0.717, 1.165) is 15.0 Å². The second kappa shape index (κ2) is 6.31. The maximum absolute atomic E-state index is 12.9. The third-order valence-electron chi connectivity index (χ3n) is 3.47. The lowest BCUT2D eigenvalue weighted by Gasteiger charge is -2.18. The van der Waals surface area contributed by atoms with Crippen LogP contribution in [0.15, 0.2) is 41.3 Å². The number of nitrogens with zero attached hydrogens (tertiary/aromatic N) is 5. The standard InChI is InChI=1S/C15H14F3N5S/c1-22(9-10-3-5-11(24-2)6-4-10)13-8-7-12-19-20-14(15(16,17)18)23(12)21-13/h3-8H,9H2,1-2H3. The van der Waals surface area contributed by atoms with E-state index in [0.29, 0.717) is 12.4 Å². The Balaban J connectivity index is 1.87. The number of rotatable bonds is 4. The lowest BCUT2D eigenvalue weighted by atomic mass is 10.2. The number of hydrogen-bond donors (Lipinski definition) is 0. The van der Waals surface area contributed by atoms with Crippen LogP contribution in [0.2, 0.25) is 0 Å². The fourth-order valence-corrected chi connectivity index (χ4v) is 2.65. The number of aromatic nitrogens is 4. The molecule has 9 heteroatoms. The molecule has 0 aliphatic rings. The van der Waals surface area contributed by atoms with Gasteiger partial charge in [-0.3, -0.25) is 0 Å². The Morgan fingerprint density at radius 1 is 1.08 bits per heavy atom. The molecule has 0 saturated carbocycles. The molecule has 3 rings (SSSR count). The minimum absolute atomic E-state index is 0.0591. The van der Waals surface area contributed by atoms with Crippen molar-refractivity contribution < 1.29 is 13.2 Å². The second-order valence-corrected chi connectivity index (χ2v) is 6.07. The Morgan fingerprint density at radius 2 is 1.79 bits per heavy atom. The lowest BCUT2D eigenvalue weighted by molar-refractivity contribution is -0.146. The molecule has 0 amide bonds. The van der Waals surface area contributed by atoms with E-state index in [4.69, 9.17) is 0 Å². The van der Waals surface area contributed by atoms with Gasteiger partial charge < -0.3 is 4.90 Å². The first-order valence-corrected chi connectivity index (χ1v) is 8.24. The zero-order valence-corrected chi connectivity index (χ0v) is 13.8. The molecule has 2 aromatic heterocycles. The van der Waals surface area contributed by atoms with Crippen LogP contribution in [-0.2, 0) is 12.7 Å². The van der Waals surface area contributed by atoms with Crippen molar-refractivity contribution >= 4 is 23.2 Å². The van der Waals surface area contributed by atoms with Gasteiger partial charge in [0.25, 0.3) is 5.82 Å². The first-order chi connectivity index (χ1) is 11.4. The van der Waals surface area contributed by atoms with Crippen LogP contribution in [0.3, 0.4) is 0 Å². The van der Waals surface area contributed by atoms with Gasteiger partial charge in [-0.2, -0.15) is 17.7 Å². The Bertz CT molecular complexity index is 844. The quantitative estimate of drug-likeness (QED) is 0.672. The van der Waals surface area contributed by atoms with Gasteiger partial charge in [0.1, 0.15) is 5.82 Å². The van der Waals surface area contributed by atoms with Gasteiger partial charge in [-0.25, -0.2) is 0 Å². The summed E-state index contributed by atoms with van der Waals surface area (Å²) in [6.45, 7) is 0.524. The number of hydrogen-bond acceptors (Lipinski definition) is 5. The van der Waals surface area contributed by atoms with Crippen LogP contribution in [0.25, 0.3) is 5.65 Å². The molecule has 0 radical (unpaired) electrons. The average molecular weight is 353 g/mol. The molecule has 0 aliphatic carbocycles. The molecule has 24 heavy (non-hydrogen) atoms. The third kappa shape index (κ3) is 3.30. The van der Waals surface area contributed by atoms with E-state index in [1.54, 1.807) is 29.8 Å². The molecule has 2 heterocycles. The van der Waals surface area contributed by atoms with Crippen LogP contribution in [-0.4, -0.2) is 33.1 Å². The molecule has 126 valence electrons. The van der Waals surface area contributed by atoms with E-state index >= 15 is 0 Å². The molecular weight excluding hydrogens is 339 g/mol. The van der Waals surface area contributed by atoms with E-state index in [9.17, 15) is 13.2 Å². The highest BCUT2D eigenvalue weighted by atomic mass is 32.2. The van der Waals surface area contributed by atoms with Crippen LogP contribution in [0, 0.1) is 0 Å².